The fourth-order valence-corrected chi connectivity index (χ4v) is 2.87. The van der Waals surface area contributed by atoms with Gasteiger partial charge in [0, 0.05) is 18.2 Å². The van der Waals surface area contributed by atoms with Crippen molar-refractivity contribution >= 4 is 46.7 Å². The van der Waals surface area contributed by atoms with Crippen molar-refractivity contribution in [3.05, 3.63) is 58.6 Å². The molecule has 0 bridgehead atoms. The molecule has 0 unspecified atom stereocenters. The zero-order chi connectivity index (χ0) is 20.3. The zero-order valence-electron chi connectivity index (χ0n) is 14.9. The lowest BCUT2D eigenvalue weighted by Crippen LogP contribution is -2.30. The maximum Gasteiger partial charge on any atom is 0.324 e. The molecule has 1 saturated heterocycles. The predicted molar refractivity (Wildman–Crippen MR) is 104 cm³/mol. The number of nitrogens with one attached hydrogen (secondary N) is 3. The molecule has 2 aromatic rings. The van der Waals surface area contributed by atoms with E-state index >= 15 is 0 Å². The van der Waals surface area contributed by atoms with Gasteiger partial charge in [0.15, 0.2) is 0 Å². The Hall–Kier alpha value is -3.39. The Morgan fingerprint density at radius 2 is 1.82 bits per heavy atom. The van der Waals surface area contributed by atoms with Gasteiger partial charge in [-0.05, 0) is 35.9 Å². The highest BCUT2D eigenvalue weighted by molar-refractivity contribution is 6.34. The lowest BCUT2D eigenvalue weighted by molar-refractivity contribution is -0.125. The first kappa shape index (κ1) is 19.4. The second-order valence-electron chi connectivity index (χ2n) is 6.17. The lowest BCUT2D eigenvalue weighted by Gasteiger charge is -2.13. The highest BCUT2D eigenvalue weighted by Gasteiger charge is 2.28. The van der Waals surface area contributed by atoms with E-state index in [9.17, 15) is 19.2 Å². The molecule has 0 radical (unpaired) electrons. The third kappa shape index (κ3) is 4.47. The van der Waals surface area contributed by atoms with Crippen molar-refractivity contribution in [1.82, 2.24) is 10.2 Å². The molecular weight excluding hydrogens is 384 g/mol. The van der Waals surface area contributed by atoms with Crippen molar-refractivity contribution in [2.45, 2.75) is 13.5 Å². The summed E-state index contributed by atoms with van der Waals surface area (Å²) in [6.45, 7) is 1.52. The topological polar surface area (TPSA) is 108 Å². The van der Waals surface area contributed by atoms with Gasteiger partial charge in [-0.15, -0.1) is 0 Å². The summed E-state index contributed by atoms with van der Waals surface area (Å²) in [5.74, 6) is -0.872. The predicted octanol–water partition coefficient (Wildman–Crippen LogP) is 2.60. The first-order valence-electron chi connectivity index (χ1n) is 8.39. The first-order chi connectivity index (χ1) is 13.3. The van der Waals surface area contributed by atoms with E-state index in [1.165, 1.54) is 13.0 Å². The molecule has 1 heterocycles. The van der Waals surface area contributed by atoms with Crippen LogP contribution in [-0.2, 0) is 16.1 Å². The van der Waals surface area contributed by atoms with E-state index in [-0.39, 0.29) is 30.8 Å². The SMILES string of the molecule is CC(=O)Nc1ccc(NC(=O)c2ccc(CN3C(=O)CNC3=O)cc2)cc1Cl. The number of hydrogen-bond acceptors (Lipinski definition) is 4. The first-order valence-corrected chi connectivity index (χ1v) is 8.77. The number of halogens is 1. The van der Waals surface area contributed by atoms with Gasteiger partial charge in [0.25, 0.3) is 5.91 Å². The summed E-state index contributed by atoms with van der Waals surface area (Å²) in [6.07, 6.45) is 0. The Labute approximate surface area is 165 Å². The van der Waals surface area contributed by atoms with Gasteiger partial charge >= 0.3 is 6.03 Å². The van der Waals surface area contributed by atoms with Gasteiger partial charge in [-0.2, -0.15) is 0 Å². The normalized spacial score (nSPS) is 13.3. The molecule has 9 heteroatoms. The molecule has 28 heavy (non-hydrogen) atoms. The largest absolute Gasteiger partial charge is 0.329 e. The molecule has 0 saturated carbocycles. The molecule has 8 nitrogen and oxygen atoms in total. The molecule has 5 amide bonds. The van der Waals surface area contributed by atoms with Crippen LogP contribution in [0.1, 0.15) is 22.8 Å². The van der Waals surface area contributed by atoms with Crippen LogP contribution < -0.4 is 16.0 Å². The number of imide groups is 1. The van der Waals surface area contributed by atoms with Crippen LogP contribution in [0.3, 0.4) is 0 Å². The van der Waals surface area contributed by atoms with Crippen LogP contribution in [-0.4, -0.2) is 35.2 Å². The van der Waals surface area contributed by atoms with Crippen molar-refractivity contribution in [3.63, 3.8) is 0 Å². The van der Waals surface area contributed by atoms with Crippen LogP contribution in [0.2, 0.25) is 5.02 Å². The summed E-state index contributed by atoms with van der Waals surface area (Å²) in [4.78, 5) is 47.8. The maximum atomic E-state index is 12.4. The number of hydrogen-bond donors (Lipinski definition) is 3. The number of carbonyl (C=O) groups excluding carboxylic acids is 4. The lowest BCUT2D eigenvalue weighted by atomic mass is 10.1. The fraction of sp³-hybridized carbons (Fsp3) is 0.158. The molecule has 3 N–H and O–H groups in total. The van der Waals surface area contributed by atoms with E-state index in [0.29, 0.717) is 22.0 Å². The van der Waals surface area contributed by atoms with Gasteiger partial charge in [0.05, 0.1) is 23.8 Å². The van der Waals surface area contributed by atoms with E-state index in [1.807, 2.05) is 0 Å². The molecule has 0 spiro atoms. The van der Waals surface area contributed by atoms with Gasteiger partial charge in [-0.25, -0.2) is 4.79 Å². The third-order valence-corrected chi connectivity index (χ3v) is 4.34. The Kier molecular flexibility index (Phi) is 5.60. The van der Waals surface area contributed by atoms with Gasteiger partial charge in [-0.1, -0.05) is 23.7 Å². The van der Waals surface area contributed by atoms with Crippen LogP contribution in [0, 0.1) is 0 Å². The van der Waals surface area contributed by atoms with Gasteiger partial charge in [0.1, 0.15) is 0 Å². The van der Waals surface area contributed by atoms with Gasteiger partial charge < -0.3 is 16.0 Å². The van der Waals surface area contributed by atoms with E-state index in [2.05, 4.69) is 16.0 Å². The summed E-state index contributed by atoms with van der Waals surface area (Å²) < 4.78 is 0. The van der Waals surface area contributed by atoms with Crippen LogP contribution in [0.15, 0.2) is 42.5 Å². The number of carbonyl (C=O) groups is 4. The smallest absolute Gasteiger partial charge is 0.324 e. The Morgan fingerprint density at radius 3 is 2.39 bits per heavy atom. The van der Waals surface area contributed by atoms with Crippen molar-refractivity contribution in [2.24, 2.45) is 0 Å². The zero-order valence-corrected chi connectivity index (χ0v) is 15.7. The second kappa shape index (κ2) is 8.10. The van der Waals surface area contributed by atoms with Crippen molar-refractivity contribution in [1.29, 1.82) is 0 Å². The fourth-order valence-electron chi connectivity index (χ4n) is 2.65. The summed E-state index contributed by atoms with van der Waals surface area (Å²) in [5.41, 5.74) is 2.07. The molecule has 0 aliphatic carbocycles. The molecule has 0 atom stereocenters. The van der Waals surface area contributed by atoms with E-state index < -0.39 is 6.03 Å². The van der Waals surface area contributed by atoms with Gasteiger partial charge in [-0.3, -0.25) is 19.3 Å². The molecular formula is C19H17ClN4O4. The van der Waals surface area contributed by atoms with Crippen LogP contribution in [0.5, 0.6) is 0 Å². The minimum atomic E-state index is -0.425. The van der Waals surface area contributed by atoms with Crippen molar-refractivity contribution in [2.75, 3.05) is 17.2 Å². The molecule has 3 rings (SSSR count). The van der Waals surface area contributed by atoms with Crippen molar-refractivity contribution < 1.29 is 19.2 Å². The maximum absolute atomic E-state index is 12.4. The van der Waals surface area contributed by atoms with E-state index in [0.717, 1.165) is 10.5 Å². The number of nitrogens with zero attached hydrogens (tertiary/aromatic N) is 1. The van der Waals surface area contributed by atoms with Gasteiger partial charge in [0.2, 0.25) is 11.8 Å². The summed E-state index contributed by atoms with van der Waals surface area (Å²) in [7, 11) is 0. The standard InChI is InChI=1S/C19H17ClN4O4/c1-11(25)22-16-7-6-14(8-15(16)20)23-18(27)13-4-2-12(3-5-13)10-24-17(26)9-21-19(24)28/h2-8H,9-10H2,1H3,(H,21,28)(H,22,25)(H,23,27). The van der Waals surface area contributed by atoms with E-state index in [4.69, 9.17) is 11.6 Å². The monoisotopic (exact) mass is 400 g/mol. The molecule has 1 aliphatic heterocycles. The minimum absolute atomic E-state index is 0.00259. The average molecular weight is 401 g/mol. The minimum Gasteiger partial charge on any atom is -0.329 e. The Bertz CT molecular complexity index is 943. The molecule has 1 aliphatic rings. The molecule has 144 valence electrons. The van der Waals surface area contributed by atoms with Crippen LogP contribution >= 0.6 is 11.6 Å². The highest BCUT2D eigenvalue weighted by atomic mass is 35.5. The summed E-state index contributed by atoms with van der Waals surface area (Å²) in [6, 6.07) is 10.9. The number of urea groups is 1. The third-order valence-electron chi connectivity index (χ3n) is 4.03. The Morgan fingerprint density at radius 1 is 1.11 bits per heavy atom. The highest BCUT2D eigenvalue weighted by Crippen LogP contribution is 2.26. The molecule has 1 fully saturated rings. The number of amides is 5. The van der Waals surface area contributed by atoms with Crippen molar-refractivity contribution in [3.8, 4) is 0 Å². The molecule has 0 aromatic heterocycles. The summed E-state index contributed by atoms with van der Waals surface area (Å²) in [5, 5.41) is 8.07. The Balaban J connectivity index is 1.65. The van der Waals surface area contributed by atoms with E-state index in [1.54, 1.807) is 36.4 Å². The summed E-state index contributed by atoms with van der Waals surface area (Å²) >= 11 is 6.10. The number of benzene rings is 2. The average Bonchev–Trinajstić information content (AvgIpc) is 2.96. The van der Waals surface area contributed by atoms with Crippen LogP contribution in [0.25, 0.3) is 0 Å². The second-order valence-corrected chi connectivity index (χ2v) is 6.57. The molecule has 2 aromatic carbocycles. The quantitative estimate of drug-likeness (QED) is 0.670. The number of rotatable bonds is 5. The number of anilines is 2. The van der Waals surface area contributed by atoms with Crippen LogP contribution in [0.4, 0.5) is 16.2 Å².